The Kier molecular flexibility index (Phi) is 7.34. The fourth-order valence-corrected chi connectivity index (χ4v) is 13.7. The van der Waals surface area contributed by atoms with E-state index in [9.17, 15) is 0 Å². The Morgan fingerprint density at radius 2 is 1.33 bits per heavy atom. The molecular weight excluding hydrogens is 548 g/mol. The molecule has 0 N–H and O–H groups in total. The Morgan fingerprint density at radius 3 is 1.92 bits per heavy atom. The Morgan fingerprint density at radius 1 is 0.692 bits per heavy atom. The second-order valence-corrected chi connectivity index (χ2v) is 21.3. The van der Waals surface area contributed by atoms with Crippen LogP contribution in [0.3, 0.4) is 0 Å². The number of rotatable bonds is 3. The summed E-state index contributed by atoms with van der Waals surface area (Å²) in [7, 11) is 0. The molecule has 39 heavy (non-hydrogen) atoms. The molecule has 2 aliphatic rings. The van der Waals surface area contributed by atoms with Gasteiger partial charge in [0.2, 0.25) is 0 Å². The molecule has 0 nitrogen and oxygen atoms in total. The van der Waals surface area contributed by atoms with E-state index in [1.54, 1.807) is 15.3 Å². The second kappa shape index (κ2) is 10.1. The molecule has 5 rings (SSSR count). The van der Waals surface area contributed by atoms with Gasteiger partial charge in [0.25, 0.3) is 0 Å². The number of fused-ring (bicyclic) bond motifs is 3. The average Bonchev–Trinajstić information content (AvgIpc) is 3.48. The zero-order valence-corrected chi connectivity index (χ0v) is 28.3. The van der Waals surface area contributed by atoms with Gasteiger partial charge in [0.1, 0.15) is 0 Å². The van der Waals surface area contributed by atoms with Crippen molar-refractivity contribution >= 4 is 6.48 Å². The topological polar surface area (TPSA) is 0 Å². The van der Waals surface area contributed by atoms with E-state index >= 15 is 0 Å². The van der Waals surface area contributed by atoms with E-state index in [2.05, 4.69) is 142 Å². The summed E-state index contributed by atoms with van der Waals surface area (Å²) in [5, 5.41) is 0. The minimum absolute atomic E-state index is 0.0992. The molecule has 0 aliphatic heterocycles. The van der Waals surface area contributed by atoms with Gasteiger partial charge in [-0.05, 0) is 0 Å². The Bertz CT molecular complexity index is 1520. The Balaban J connectivity index is 1.81. The summed E-state index contributed by atoms with van der Waals surface area (Å²) in [6.45, 7) is 23.7. The summed E-state index contributed by atoms with van der Waals surface area (Å²) < 4.78 is 5.07. The number of benzene rings is 3. The van der Waals surface area contributed by atoms with Crippen molar-refractivity contribution in [2.75, 3.05) is 0 Å². The molecule has 3 aromatic rings. The quantitative estimate of drug-likeness (QED) is 0.222. The summed E-state index contributed by atoms with van der Waals surface area (Å²) in [5.41, 5.74) is 12.4. The van der Waals surface area contributed by atoms with Crippen LogP contribution in [-0.4, -0.2) is 3.21 Å². The van der Waals surface area contributed by atoms with Crippen molar-refractivity contribution in [2.45, 2.75) is 92.9 Å². The van der Waals surface area contributed by atoms with Gasteiger partial charge < -0.3 is 0 Å². The van der Waals surface area contributed by atoms with Gasteiger partial charge in [-0.3, -0.25) is 0 Å². The van der Waals surface area contributed by atoms with Crippen LogP contribution in [0.25, 0.3) is 11.1 Å². The third-order valence-electron chi connectivity index (χ3n) is 8.66. The van der Waals surface area contributed by atoms with Crippen LogP contribution in [0.4, 0.5) is 0 Å². The molecule has 0 atom stereocenters. The molecule has 0 bridgehead atoms. The molecule has 2 aliphatic carbocycles. The van der Waals surface area contributed by atoms with Crippen LogP contribution in [-0.2, 0) is 38.5 Å². The monoisotopic (exact) mass is 592 g/mol. The first kappa shape index (κ1) is 28.4. The van der Waals surface area contributed by atoms with Crippen molar-refractivity contribution in [2.24, 2.45) is 5.41 Å². The van der Waals surface area contributed by atoms with Crippen LogP contribution >= 0.6 is 0 Å². The number of hydrogen-bond acceptors (Lipinski definition) is 0. The van der Waals surface area contributed by atoms with Crippen LogP contribution in [0.5, 0.6) is 0 Å². The normalized spacial score (nSPS) is 15.9. The molecule has 0 saturated carbocycles. The van der Waals surface area contributed by atoms with E-state index in [0.717, 1.165) is 12.8 Å². The first-order valence-corrected chi connectivity index (χ1v) is 18.3. The van der Waals surface area contributed by atoms with Crippen LogP contribution in [0, 0.1) is 5.41 Å². The molecule has 0 amide bonds. The van der Waals surface area contributed by atoms with Crippen molar-refractivity contribution in [1.29, 1.82) is 0 Å². The van der Waals surface area contributed by atoms with Gasteiger partial charge in [-0.25, -0.2) is 0 Å². The summed E-state index contributed by atoms with van der Waals surface area (Å²) >= 11 is -2.48. The van der Waals surface area contributed by atoms with Gasteiger partial charge in [0, 0.05) is 0 Å². The van der Waals surface area contributed by atoms with Gasteiger partial charge >= 0.3 is 247 Å². The zero-order valence-electron chi connectivity index (χ0n) is 25.8. The second-order valence-electron chi connectivity index (χ2n) is 14.7. The van der Waals surface area contributed by atoms with Gasteiger partial charge in [0.05, 0.1) is 0 Å². The van der Waals surface area contributed by atoms with E-state index in [0.29, 0.717) is 0 Å². The van der Waals surface area contributed by atoms with Crippen LogP contribution in [0.2, 0.25) is 0 Å². The summed E-state index contributed by atoms with van der Waals surface area (Å²) in [5.74, 6) is 0. The fourth-order valence-electron chi connectivity index (χ4n) is 6.07. The third kappa shape index (κ3) is 5.59. The first-order chi connectivity index (χ1) is 18.1. The molecule has 1 heteroatoms. The van der Waals surface area contributed by atoms with Crippen molar-refractivity contribution in [1.82, 2.24) is 0 Å². The van der Waals surface area contributed by atoms with Crippen molar-refractivity contribution in [3.63, 3.8) is 0 Å². The molecular formula is C38H46Zr. The van der Waals surface area contributed by atoms with Crippen LogP contribution in [0.15, 0.2) is 81.7 Å². The zero-order chi connectivity index (χ0) is 28.3. The molecule has 3 aromatic carbocycles. The standard InChI is InChI=1S/C21H25.C9H13.C8H8.Zr/c1-20(2,3)16-9-7-14-11-15-8-10-17(21(4,5)6)13-19(15)18(14)12-16;1-9(2,3)8-6-4-5-7-8;1-2-8-6-4-3-5-7-8;/h7,9-10,12-13H,11H2,1-6H3;6-7H,4H2,1-3H3;3-7H,1H3;. The van der Waals surface area contributed by atoms with Gasteiger partial charge in [-0.2, -0.15) is 0 Å². The molecule has 0 saturated heterocycles. The minimum atomic E-state index is -2.48. The van der Waals surface area contributed by atoms with E-state index in [1.807, 2.05) is 0 Å². The molecule has 202 valence electrons. The summed E-state index contributed by atoms with van der Waals surface area (Å²) in [4.78, 5) is 0. The summed E-state index contributed by atoms with van der Waals surface area (Å²) in [6.07, 6.45) is 7.30. The maximum absolute atomic E-state index is 2.65. The number of allylic oxidation sites excluding steroid dienone is 4. The molecule has 0 spiro atoms. The predicted octanol–water partition coefficient (Wildman–Crippen LogP) is 9.60. The maximum atomic E-state index is 2.65. The van der Waals surface area contributed by atoms with Crippen molar-refractivity contribution < 1.29 is 21.3 Å². The fraction of sp³-hybridized carbons (Fsp3) is 0.395. The predicted molar refractivity (Wildman–Crippen MR) is 168 cm³/mol. The summed E-state index contributed by atoms with van der Waals surface area (Å²) in [6, 6.07) is 23.7. The Hall–Kier alpha value is -2.11. The van der Waals surface area contributed by atoms with E-state index in [4.69, 9.17) is 0 Å². The van der Waals surface area contributed by atoms with Gasteiger partial charge in [0.15, 0.2) is 0 Å². The van der Waals surface area contributed by atoms with Crippen molar-refractivity contribution in [3.8, 4) is 11.1 Å². The molecule has 0 radical (unpaired) electrons. The van der Waals surface area contributed by atoms with Gasteiger partial charge in [-0.1, -0.05) is 0 Å². The van der Waals surface area contributed by atoms with Gasteiger partial charge in [-0.15, -0.1) is 0 Å². The molecule has 0 fully saturated rings. The van der Waals surface area contributed by atoms with Crippen molar-refractivity contribution in [3.05, 3.63) is 109 Å². The third-order valence-corrected chi connectivity index (χ3v) is 16.1. The van der Waals surface area contributed by atoms with Crippen LogP contribution < -0.4 is 3.27 Å². The van der Waals surface area contributed by atoms with E-state index in [-0.39, 0.29) is 16.2 Å². The Labute approximate surface area is 245 Å². The van der Waals surface area contributed by atoms with E-state index < -0.39 is 21.3 Å². The average molecular weight is 594 g/mol. The SMILES string of the molecule is C/[C](c1ccccc1)=[Zr](\[C]1=CC(C(C)(C)C)=CC1)[c]1cc(C(C)(C)C)cc2c1Cc1ccc(C(C)(C)C)cc1-2. The van der Waals surface area contributed by atoms with E-state index in [1.165, 1.54) is 39.0 Å². The number of hydrogen-bond donors (Lipinski definition) is 0. The van der Waals surface area contributed by atoms with Crippen LogP contribution in [0.1, 0.15) is 103 Å². The molecule has 0 aromatic heterocycles. The molecule has 0 heterocycles. The first-order valence-electron chi connectivity index (χ1n) is 14.6. The molecule has 0 unspecified atom stereocenters.